The van der Waals surface area contributed by atoms with Gasteiger partial charge in [0, 0.05) is 13.0 Å². The summed E-state index contributed by atoms with van der Waals surface area (Å²) in [6.07, 6.45) is 0.855. The van der Waals surface area contributed by atoms with Gasteiger partial charge in [-0.3, -0.25) is 9.69 Å². The van der Waals surface area contributed by atoms with Gasteiger partial charge in [-0.25, -0.2) is 8.78 Å². The van der Waals surface area contributed by atoms with E-state index < -0.39 is 17.8 Å². The van der Waals surface area contributed by atoms with Gasteiger partial charge in [0.1, 0.15) is 0 Å². The Bertz CT molecular complexity index is 233. The van der Waals surface area contributed by atoms with E-state index >= 15 is 0 Å². The van der Waals surface area contributed by atoms with Crippen LogP contribution in [0.3, 0.4) is 0 Å². The summed E-state index contributed by atoms with van der Waals surface area (Å²) < 4.78 is 26.0. The predicted octanol–water partition coefficient (Wildman–Crippen LogP) is 1.83. The van der Waals surface area contributed by atoms with Crippen LogP contribution in [-0.4, -0.2) is 41.5 Å². The molecule has 1 saturated heterocycles. The average molecular weight is 221 g/mol. The largest absolute Gasteiger partial charge is 0.481 e. The number of hydrogen-bond acceptors (Lipinski definition) is 2. The van der Waals surface area contributed by atoms with Crippen molar-refractivity contribution in [1.82, 2.24) is 4.90 Å². The van der Waals surface area contributed by atoms with Gasteiger partial charge < -0.3 is 5.11 Å². The molecule has 3 nitrogen and oxygen atoms in total. The first kappa shape index (κ1) is 12.4. The van der Waals surface area contributed by atoms with E-state index in [9.17, 15) is 13.6 Å². The quantitative estimate of drug-likeness (QED) is 0.787. The van der Waals surface area contributed by atoms with E-state index in [1.807, 2.05) is 0 Å². The molecule has 5 heteroatoms. The summed E-state index contributed by atoms with van der Waals surface area (Å²) in [6, 6.07) is 0. The second kappa shape index (κ2) is 4.88. The summed E-state index contributed by atoms with van der Waals surface area (Å²) in [5.41, 5.74) is 0. The van der Waals surface area contributed by atoms with Crippen molar-refractivity contribution in [3.63, 3.8) is 0 Å². The number of aliphatic carboxylic acids is 1. The standard InChI is InChI=1S/C10H17F2NO2/c1-2-8(9(14)15)6-13-5-3-4-10(11,12)7-13/h8H,2-7H2,1H3,(H,14,15). The summed E-state index contributed by atoms with van der Waals surface area (Å²) in [5, 5.41) is 8.82. The Kier molecular flexibility index (Phi) is 4.02. The Morgan fingerprint density at radius 1 is 1.60 bits per heavy atom. The topological polar surface area (TPSA) is 40.5 Å². The molecule has 1 fully saturated rings. The molecule has 0 aromatic carbocycles. The average Bonchev–Trinajstić information content (AvgIpc) is 2.12. The highest BCUT2D eigenvalue weighted by Gasteiger charge is 2.36. The van der Waals surface area contributed by atoms with Crippen LogP contribution in [0.4, 0.5) is 8.78 Å². The van der Waals surface area contributed by atoms with Gasteiger partial charge >= 0.3 is 5.97 Å². The van der Waals surface area contributed by atoms with E-state index in [0.717, 1.165) is 0 Å². The molecule has 1 aliphatic rings. The number of halogens is 2. The monoisotopic (exact) mass is 221 g/mol. The van der Waals surface area contributed by atoms with Crippen LogP contribution in [-0.2, 0) is 4.79 Å². The lowest BCUT2D eigenvalue weighted by molar-refractivity contribution is -0.143. The molecule has 88 valence electrons. The van der Waals surface area contributed by atoms with Crippen molar-refractivity contribution in [2.45, 2.75) is 32.1 Å². The number of hydrogen-bond donors (Lipinski definition) is 1. The molecule has 1 aliphatic heterocycles. The number of rotatable bonds is 4. The highest BCUT2D eigenvalue weighted by Crippen LogP contribution is 2.27. The molecule has 1 heterocycles. The van der Waals surface area contributed by atoms with E-state index in [0.29, 0.717) is 19.4 Å². The lowest BCUT2D eigenvalue weighted by atomic mass is 10.0. The lowest BCUT2D eigenvalue weighted by Gasteiger charge is -2.33. The van der Waals surface area contributed by atoms with Crippen molar-refractivity contribution >= 4 is 5.97 Å². The fraction of sp³-hybridized carbons (Fsp3) is 0.900. The number of likely N-dealkylation sites (tertiary alicyclic amines) is 1. The van der Waals surface area contributed by atoms with Gasteiger partial charge in [-0.2, -0.15) is 0 Å². The molecule has 1 rings (SSSR count). The minimum Gasteiger partial charge on any atom is -0.481 e. The van der Waals surface area contributed by atoms with Gasteiger partial charge in [0.25, 0.3) is 5.92 Å². The van der Waals surface area contributed by atoms with Crippen LogP contribution in [0.25, 0.3) is 0 Å². The van der Waals surface area contributed by atoms with Gasteiger partial charge in [-0.1, -0.05) is 6.92 Å². The molecule has 0 aliphatic carbocycles. The summed E-state index contributed by atoms with van der Waals surface area (Å²) in [4.78, 5) is 12.3. The summed E-state index contributed by atoms with van der Waals surface area (Å²) in [6.45, 7) is 2.29. The van der Waals surface area contributed by atoms with Crippen LogP contribution >= 0.6 is 0 Å². The normalized spacial score (nSPS) is 23.7. The first-order valence-electron chi connectivity index (χ1n) is 5.27. The fourth-order valence-electron chi connectivity index (χ4n) is 1.90. The van der Waals surface area contributed by atoms with Crippen molar-refractivity contribution in [2.75, 3.05) is 19.6 Å². The van der Waals surface area contributed by atoms with E-state index in [4.69, 9.17) is 5.11 Å². The van der Waals surface area contributed by atoms with Gasteiger partial charge in [-0.15, -0.1) is 0 Å². The molecule has 1 unspecified atom stereocenters. The highest BCUT2D eigenvalue weighted by atomic mass is 19.3. The van der Waals surface area contributed by atoms with E-state index in [1.165, 1.54) is 0 Å². The van der Waals surface area contributed by atoms with Gasteiger partial charge in [0.2, 0.25) is 0 Å². The van der Waals surface area contributed by atoms with Crippen LogP contribution in [0, 0.1) is 5.92 Å². The van der Waals surface area contributed by atoms with Crippen LogP contribution in [0.1, 0.15) is 26.2 Å². The third-order valence-electron chi connectivity index (χ3n) is 2.79. The maximum atomic E-state index is 13.0. The first-order valence-corrected chi connectivity index (χ1v) is 5.27. The Hall–Kier alpha value is -0.710. The molecule has 0 saturated carbocycles. The molecule has 0 aromatic heterocycles. The predicted molar refractivity (Wildman–Crippen MR) is 52.0 cm³/mol. The number of nitrogens with zero attached hydrogens (tertiary/aromatic N) is 1. The number of carbonyl (C=O) groups is 1. The highest BCUT2D eigenvalue weighted by molar-refractivity contribution is 5.70. The molecule has 0 spiro atoms. The zero-order valence-corrected chi connectivity index (χ0v) is 8.88. The summed E-state index contributed by atoms with van der Waals surface area (Å²) in [7, 11) is 0. The van der Waals surface area contributed by atoms with E-state index in [1.54, 1.807) is 11.8 Å². The Labute approximate surface area is 88.1 Å². The molecule has 0 radical (unpaired) electrons. The molecule has 1 atom stereocenters. The van der Waals surface area contributed by atoms with Crippen molar-refractivity contribution in [3.8, 4) is 0 Å². The Morgan fingerprint density at radius 3 is 2.73 bits per heavy atom. The molecule has 0 bridgehead atoms. The van der Waals surface area contributed by atoms with Crippen molar-refractivity contribution in [2.24, 2.45) is 5.92 Å². The second-order valence-corrected chi connectivity index (χ2v) is 4.14. The van der Waals surface area contributed by atoms with E-state index in [-0.39, 0.29) is 19.5 Å². The van der Waals surface area contributed by atoms with Crippen LogP contribution in [0.2, 0.25) is 0 Å². The minimum absolute atomic E-state index is 0.0760. The number of carboxylic acid groups (broad SMARTS) is 1. The third-order valence-corrected chi connectivity index (χ3v) is 2.79. The minimum atomic E-state index is -2.64. The molecular formula is C10H17F2NO2. The SMILES string of the molecule is CCC(CN1CCCC(F)(F)C1)C(=O)O. The molecule has 1 N–H and O–H groups in total. The third kappa shape index (κ3) is 3.74. The van der Waals surface area contributed by atoms with Crippen molar-refractivity contribution < 1.29 is 18.7 Å². The summed E-state index contributed by atoms with van der Waals surface area (Å²) in [5.74, 6) is -4.07. The molecular weight excluding hydrogens is 204 g/mol. The lowest BCUT2D eigenvalue weighted by Crippen LogP contribution is -2.45. The smallest absolute Gasteiger partial charge is 0.307 e. The van der Waals surface area contributed by atoms with Gasteiger partial charge in [0.15, 0.2) is 0 Å². The second-order valence-electron chi connectivity index (χ2n) is 4.14. The van der Waals surface area contributed by atoms with E-state index in [2.05, 4.69) is 0 Å². The fourth-order valence-corrected chi connectivity index (χ4v) is 1.90. The maximum absolute atomic E-state index is 13.0. The zero-order valence-electron chi connectivity index (χ0n) is 8.88. The first-order chi connectivity index (χ1) is 6.94. The van der Waals surface area contributed by atoms with Crippen LogP contribution in [0.5, 0.6) is 0 Å². The van der Waals surface area contributed by atoms with Gasteiger partial charge in [-0.05, 0) is 19.4 Å². The van der Waals surface area contributed by atoms with Crippen molar-refractivity contribution in [3.05, 3.63) is 0 Å². The molecule has 15 heavy (non-hydrogen) atoms. The van der Waals surface area contributed by atoms with Crippen molar-refractivity contribution in [1.29, 1.82) is 0 Å². The molecule has 0 amide bonds. The number of carboxylic acids is 1. The number of alkyl halides is 2. The maximum Gasteiger partial charge on any atom is 0.307 e. The molecule has 0 aromatic rings. The van der Waals surface area contributed by atoms with Gasteiger partial charge in [0.05, 0.1) is 12.5 Å². The Morgan fingerprint density at radius 2 is 2.27 bits per heavy atom. The van der Waals surface area contributed by atoms with Crippen LogP contribution in [0.15, 0.2) is 0 Å². The van der Waals surface area contributed by atoms with Crippen LogP contribution < -0.4 is 0 Å². The Balaban J connectivity index is 2.47. The zero-order chi connectivity index (χ0) is 11.5. The summed E-state index contributed by atoms with van der Waals surface area (Å²) >= 11 is 0. The number of piperidine rings is 1.